The van der Waals surface area contributed by atoms with Gasteiger partial charge in [0.25, 0.3) is 5.91 Å². The molecule has 8 nitrogen and oxygen atoms in total. The Hall–Kier alpha value is -2.53. The van der Waals surface area contributed by atoms with Gasteiger partial charge in [-0.1, -0.05) is 17.4 Å². The Bertz CT molecular complexity index is 1210. The molecular formula is C22H25N3O5S2. The van der Waals surface area contributed by atoms with Gasteiger partial charge < -0.3 is 9.47 Å². The average Bonchev–Trinajstić information content (AvgIpc) is 3.17. The highest BCUT2D eigenvalue weighted by atomic mass is 32.2. The van der Waals surface area contributed by atoms with E-state index in [9.17, 15) is 13.2 Å². The minimum atomic E-state index is -3.66. The number of sulfonamides is 1. The van der Waals surface area contributed by atoms with E-state index in [4.69, 9.17) is 9.47 Å². The minimum absolute atomic E-state index is 0.150. The third kappa shape index (κ3) is 4.63. The highest BCUT2D eigenvalue weighted by molar-refractivity contribution is 7.89. The third-order valence-electron chi connectivity index (χ3n) is 5.04. The molecule has 2 heterocycles. The van der Waals surface area contributed by atoms with Gasteiger partial charge in [-0.05, 0) is 57.2 Å². The molecule has 1 saturated heterocycles. The van der Waals surface area contributed by atoms with Crippen LogP contribution in [0.25, 0.3) is 10.2 Å². The largest absolute Gasteiger partial charge is 0.492 e. The molecule has 170 valence electrons. The van der Waals surface area contributed by atoms with Crippen LogP contribution in [-0.2, 0) is 14.8 Å². The van der Waals surface area contributed by atoms with Crippen LogP contribution < -0.4 is 10.1 Å². The van der Waals surface area contributed by atoms with Crippen molar-refractivity contribution in [3.8, 4) is 5.75 Å². The number of hydrogen-bond acceptors (Lipinski definition) is 7. The summed E-state index contributed by atoms with van der Waals surface area (Å²) in [4.78, 5) is 17.3. The van der Waals surface area contributed by atoms with E-state index >= 15 is 0 Å². The predicted molar refractivity (Wildman–Crippen MR) is 124 cm³/mol. The SMILES string of the molecule is CCOc1cccc2sc(NC(=O)c3ccc(S(=O)(=O)N4C[C@H](C)O[C@@H](C)C4)cc3)nc12. The quantitative estimate of drug-likeness (QED) is 0.583. The van der Waals surface area contributed by atoms with E-state index in [1.807, 2.05) is 39.0 Å². The molecule has 2 aromatic carbocycles. The lowest BCUT2D eigenvalue weighted by atomic mass is 10.2. The van der Waals surface area contributed by atoms with Crippen molar-refractivity contribution < 1.29 is 22.7 Å². The van der Waals surface area contributed by atoms with E-state index in [1.165, 1.54) is 39.9 Å². The molecule has 1 N–H and O–H groups in total. The molecule has 1 aliphatic heterocycles. The van der Waals surface area contributed by atoms with Crippen LogP contribution in [0.5, 0.6) is 5.75 Å². The summed E-state index contributed by atoms with van der Waals surface area (Å²) >= 11 is 1.35. The van der Waals surface area contributed by atoms with E-state index < -0.39 is 10.0 Å². The van der Waals surface area contributed by atoms with Crippen LogP contribution in [0.3, 0.4) is 0 Å². The molecule has 3 aromatic rings. The summed E-state index contributed by atoms with van der Waals surface area (Å²) in [5.41, 5.74) is 1.04. The lowest BCUT2D eigenvalue weighted by molar-refractivity contribution is -0.0440. The van der Waals surface area contributed by atoms with Gasteiger partial charge >= 0.3 is 0 Å². The number of nitrogens with one attached hydrogen (secondary N) is 1. The first kappa shape index (κ1) is 22.7. The number of carbonyl (C=O) groups excluding carboxylic acids is 1. The van der Waals surface area contributed by atoms with Gasteiger partial charge in [0, 0.05) is 18.7 Å². The maximum Gasteiger partial charge on any atom is 0.257 e. The fourth-order valence-corrected chi connectivity index (χ4v) is 6.14. The van der Waals surface area contributed by atoms with Gasteiger partial charge in [0.05, 0.1) is 28.4 Å². The molecule has 0 unspecified atom stereocenters. The van der Waals surface area contributed by atoms with Gasteiger partial charge in [0.15, 0.2) is 5.13 Å². The van der Waals surface area contributed by atoms with Crippen LogP contribution in [0.15, 0.2) is 47.4 Å². The number of amides is 1. The summed E-state index contributed by atoms with van der Waals surface area (Å²) in [6.07, 6.45) is -0.341. The van der Waals surface area contributed by atoms with Gasteiger partial charge in [0.2, 0.25) is 10.0 Å². The average molecular weight is 476 g/mol. The number of fused-ring (bicyclic) bond motifs is 1. The van der Waals surface area contributed by atoms with E-state index in [-0.39, 0.29) is 23.0 Å². The highest BCUT2D eigenvalue weighted by Crippen LogP contribution is 2.32. The molecule has 4 rings (SSSR count). The number of para-hydroxylation sites is 1. The molecule has 0 radical (unpaired) electrons. The van der Waals surface area contributed by atoms with Crippen molar-refractivity contribution in [2.24, 2.45) is 0 Å². The van der Waals surface area contributed by atoms with Crippen LogP contribution in [-0.4, -0.2) is 55.5 Å². The monoisotopic (exact) mass is 475 g/mol. The molecular weight excluding hydrogens is 450 g/mol. The lowest BCUT2D eigenvalue weighted by Crippen LogP contribution is -2.48. The highest BCUT2D eigenvalue weighted by Gasteiger charge is 2.32. The van der Waals surface area contributed by atoms with Gasteiger partial charge in [-0.3, -0.25) is 10.1 Å². The summed E-state index contributed by atoms with van der Waals surface area (Å²) in [6, 6.07) is 11.6. The van der Waals surface area contributed by atoms with Crippen LogP contribution in [0, 0.1) is 0 Å². The summed E-state index contributed by atoms with van der Waals surface area (Å²) in [5.74, 6) is 0.308. The summed E-state index contributed by atoms with van der Waals surface area (Å²) in [5, 5.41) is 3.24. The Morgan fingerprint density at radius 1 is 1.19 bits per heavy atom. The Morgan fingerprint density at radius 2 is 1.88 bits per heavy atom. The van der Waals surface area contributed by atoms with Crippen molar-refractivity contribution in [1.29, 1.82) is 0 Å². The Labute approximate surface area is 191 Å². The lowest BCUT2D eigenvalue weighted by Gasteiger charge is -2.34. The maximum atomic E-state index is 13.0. The van der Waals surface area contributed by atoms with E-state index in [2.05, 4.69) is 10.3 Å². The van der Waals surface area contributed by atoms with Crippen molar-refractivity contribution >= 4 is 42.6 Å². The van der Waals surface area contributed by atoms with Crippen LogP contribution in [0.4, 0.5) is 5.13 Å². The van der Waals surface area contributed by atoms with Crippen molar-refractivity contribution in [2.75, 3.05) is 25.0 Å². The zero-order chi connectivity index (χ0) is 22.9. The fraction of sp³-hybridized carbons (Fsp3) is 0.364. The van der Waals surface area contributed by atoms with Gasteiger partial charge in [-0.2, -0.15) is 4.31 Å². The topological polar surface area (TPSA) is 97.8 Å². The molecule has 1 fully saturated rings. The van der Waals surface area contributed by atoms with Gasteiger partial charge in [0.1, 0.15) is 11.3 Å². The second-order valence-corrected chi connectivity index (χ2v) is 10.6. The molecule has 1 aromatic heterocycles. The van der Waals surface area contributed by atoms with Crippen LogP contribution in [0.2, 0.25) is 0 Å². The second kappa shape index (κ2) is 9.14. The summed E-state index contributed by atoms with van der Waals surface area (Å²) in [6.45, 7) is 6.73. The number of nitrogens with zero attached hydrogens (tertiary/aromatic N) is 2. The van der Waals surface area contributed by atoms with E-state index in [0.717, 1.165) is 4.70 Å². The number of rotatable bonds is 6. The van der Waals surface area contributed by atoms with Crippen molar-refractivity contribution in [1.82, 2.24) is 9.29 Å². The molecule has 0 bridgehead atoms. The van der Waals surface area contributed by atoms with Crippen molar-refractivity contribution in [3.63, 3.8) is 0 Å². The molecule has 10 heteroatoms. The number of thiazole rings is 1. The molecule has 1 amide bonds. The molecule has 2 atom stereocenters. The van der Waals surface area contributed by atoms with Crippen molar-refractivity contribution in [3.05, 3.63) is 48.0 Å². The normalized spacial score (nSPS) is 19.7. The van der Waals surface area contributed by atoms with Crippen molar-refractivity contribution in [2.45, 2.75) is 37.9 Å². The standard InChI is InChI=1S/C22H25N3O5S2/c1-4-29-18-6-5-7-19-20(18)23-22(31-19)24-21(26)16-8-10-17(11-9-16)32(27,28)25-12-14(2)30-15(3)13-25/h5-11,14-15H,4,12-13H2,1-3H3,(H,23,24,26)/t14-,15-/m0/s1. The zero-order valence-corrected chi connectivity index (χ0v) is 19.7. The van der Waals surface area contributed by atoms with Gasteiger partial charge in [-0.15, -0.1) is 0 Å². The number of benzene rings is 2. The summed E-state index contributed by atoms with van der Waals surface area (Å²) in [7, 11) is -3.66. The Balaban J connectivity index is 1.50. The zero-order valence-electron chi connectivity index (χ0n) is 18.1. The maximum absolute atomic E-state index is 13.0. The molecule has 32 heavy (non-hydrogen) atoms. The third-order valence-corrected chi connectivity index (χ3v) is 7.82. The Kier molecular flexibility index (Phi) is 6.47. The number of morpholine rings is 1. The first-order valence-electron chi connectivity index (χ1n) is 10.4. The van der Waals surface area contributed by atoms with Crippen LogP contribution in [0.1, 0.15) is 31.1 Å². The number of carbonyl (C=O) groups is 1. The van der Waals surface area contributed by atoms with E-state index in [1.54, 1.807) is 0 Å². The molecule has 1 aliphatic rings. The predicted octanol–water partition coefficient (Wildman–Crippen LogP) is 3.75. The molecule has 0 saturated carbocycles. The number of hydrogen-bond donors (Lipinski definition) is 1. The second-order valence-electron chi connectivity index (χ2n) is 7.61. The van der Waals surface area contributed by atoms with Crippen LogP contribution >= 0.6 is 11.3 Å². The smallest absolute Gasteiger partial charge is 0.257 e. The number of ether oxygens (including phenoxy) is 2. The van der Waals surface area contributed by atoms with E-state index in [0.29, 0.717) is 41.7 Å². The minimum Gasteiger partial charge on any atom is -0.492 e. The number of aromatic nitrogens is 1. The number of anilines is 1. The first-order valence-corrected chi connectivity index (χ1v) is 12.6. The first-order chi connectivity index (χ1) is 15.3. The summed E-state index contributed by atoms with van der Waals surface area (Å²) < 4.78 is 39.5. The fourth-order valence-electron chi connectivity index (χ4n) is 3.67. The molecule has 0 spiro atoms. The Morgan fingerprint density at radius 3 is 2.53 bits per heavy atom. The molecule has 0 aliphatic carbocycles. The van der Waals surface area contributed by atoms with Gasteiger partial charge in [-0.25, -0.2) is 13.4 Å².